The highest BCUT2D eigenvalue weighted by molar-refractivity contribution is 7.92. The zero-order valence-corrected chi connectivity index (χ0v) is 23.0. The van der Waals surface area contributed by atoms with Crippen molar-refractivity contribution in [3.8, 4) is 33.8 Å². The molecule has 210 valence electrons. The number of rotatable bonds is 9. The van der Waals surface area contributed by atoms with E-state index in [4.69, 9.17) is 4.74 Å². The molecule has 0 aliphatic heterocycles. The molecule has 0 aliphatic carbocycles. The number of sulfonamides is 1. The van der Waals surface area contributed by atoms with Crippen molar-refractivity contribution >= 4 is 15.7 Å². The van der Waals surface area contributed by atoms with Crippen molar-refractivity contribution in [2.75, 3.05) is 10.5 Å². The fourth-order valence-electron chi connectivity index (χ4n) is 4.26. The molecule has 5 aromatic rings. The number of hydrogen-bond donors (Lipinski definition) is 1. The number of aromatic nitrogens is 3. The van der Waals surface area contributed by atoms with E-state index in [9.17, 15) is 22.0 Å². The monoisotopic (exact) mass is 576 g/mol. The molecule has 2 aromatic heterocycles. The van der Waals surface area contributed by atoms with E-state index < -0.39 is 21.7 Å². The average Bonchev–Trinajstić information content (AvgIpc) is 3.41. The molecule has 0 saturated heterocycles. The predicted octanol–water partition coefficient (Wildman–Crippen LogP) is 5.80. The number of benzene rings is 3. The number of pyridine rings is 1. The lowest BCUT2D eigenvalue weighted by Crippen LogP contribution is -2.16. The number of halogens is 2. The largest absolute Gasteiger partial charge is 0.454 e. The molecular formula is C30H26F2N4O4S. The summed E-state index contributed by atoms with van der Waals surface area (Å²) in [5, 5.41) is 4.46. The Morgan fingerprint density at radius 1 is 0.902 bits per heavy atom. The van der Waals surface area contributed by atoms with Gasteiger partial charge in [0.15, 0.2) is 11.6 Å². The first-order valence-electron chi connectivity index (χ1n) is 12.7. The third kappa shape index (κ3) is 6.36. The van der Waals surface area contributed by atoms with Gasteiger partial charge in [0.1, 0.15) is 11.6 Å². The topological polar surface area (TPSA) is 95.2 Å². The molecular weight excluding hydrogens is 550 g/mol. The SMILES string of the molecule is CCS(=O)(=O)Nc1ccc(Oc2ccc(F)cc2F)c(-c2cn(C)c(=O)cc2-c2cnn(Cc3ccccc3)c2)c1. The normalized spacial score (nSPS) is 11.4. The molecule has 41 heavy (non-hydrogen) atoms. The van der Waals surface area contributed by atoms with Crippen LogP contribution >= 0.6 is 0 Å². The Morgan fingerprint density at radius 3 is 2.39 bits per heavy atom. The molecule has 0 saturated carbocycles. The number of anilines is 1. The van der Waals surface area contributed by atoms with Crippen LogP contribution in [-0.2, 0) is 23.6 Å². The predicted molar refractivity (Wildman–Crippen MR) is 153 cm³/mol. The summed E-state index contributed by atoms with van der Waals surface area (Å²) in [5.74, 6) is -1.88. The second-order valence-electron chi connectivity index (χ2n) is 9.36. The van der Waals surface area contributed by atoms with Crippen molar-refractivity contribution in [1.82, 2.24) is 14.3 Å². The van der Waals surface area contributed by atoms with Gasteiger partial charge in [0.05, 0.1) is 18.5 Å². The second kappa shape index (κ2) is 11.4. The van der Waals surface area contributed by atoms with Crippen LogP contribution in [0.5, 0.6) is 11.5 Å². The van der Waals surface area contributed by atoms with Crippen molar-refractivity contribution in [3.63, 3.8) is 0 Å². The van der Waals surface area contributed by atoms with E-state index in [0.717, 1.165) is 17.7 Å². The first-order chi connectivity index (χ1) is 19.6. The van der Waals surface area contributed by atoms with Crippen LogP contribution in [0.15, 0.2) is 96.2 Å². The Morgan fingerprint density at radius 2 is 1.66 bits per heavy atom. The van der Waals surface area contributed by atoms with Gasteiger partial charge in [-0.15, -0.1) is 0 Å². The first-order valence-corrected chi connectivity index (χ1v) is 14.3. The molecule has 1 N–H and O–H groups in total. The summed E-state index contributed by atoms with van der Waals surface area (Å²) in [6, 6.07) is 18.6. The number of nitrogens with one attached hydrogen (secondary N) is 1. The Hall–Kier alpha value is -4.77. The highest BCUT2D eigenvalue weighted by Crippen LogP contribution is 2.40. The van der Waals surface area contributed by atoms with Gasteiger partial charge in [0.2, 0.25) is 10.0 Å². The molecule has 2 heterocycles. The fourth-order valence-corrected chi connectivity index (χ4v) is 4.89. The first kappa shape index (κ1) is 27.8. The zero-order chi connectivity index (χ0) is 29.1. The van der Waals surface area contributed by atoms with Crippen molar-refractivity contribution < 1.29 is 21.9 Å². The van der Waals surface area contributed by atoms with Crippen LogP contribution in [0, 0.1) is 11.6 Å². The van der Waals surface area contributed by atoms with Crippen LogP contribution in [0.4, 0.5) is 14.5 Å². The molecule has 0 fully saturated rings. The average molecular weight is 577 g/mol. The van der Waals surface area contributed by atoms with Crippen molar-refractivity contribution in [1.29, 1.82) is 0 Å². The lowest BCUT2D eigenvalue weighted by atomic mass is 9.97. The molecule has 0 bridgehead atoms. The third-order valence-electron chi connectivity index (χ3n) is 6.40. The van der Waals surface area contributed by atoms with E-state index in [1.54, 1.807) is 36.4 Å². The molecule has 0 unspecified atom stereocenters. The number of hydrogen-bond acceptors (Lipinski definition) is 5. The van der Waals surface area contributed by atoms with E-state index in [-0.39, 0.29) is 28.5 Å². The summed E-state index contributed by atoms with van der Waals surface area (Å²) >= 11 is 0. The quantitative estimate of drug-likeness (QED) is 0.240. The maximum absolute atomic E-state index is 14.5. The third-order valence-corrected chi connectivity index (χ3v) is 7.70. The van der Waals surface area contributed by atoms with Gasteiger partial charge in [-0.1, -0.05) is 30.3 Å². The molecule has 0 aliphatic rings. The Kier molecular flexibility index (Phi) is 7.71. The molecule has 8 nitrogen and oxygen atoms in total. The number of nitrogens with zero attached hydrogens (tertiary/aromatic N) is 3. The van der Waals surface area contributed by atoms with Gasteiger partial charge < -0.3 is 9.30 Å². The van der Waals surface area contributed by atoms with Crippen LogP contribution in [0.1, 0.15) is 12.5 Å². The molecule has 5 rings (SSSR count). The molecule has 11 heteroatoms. The highest BCUT2D eigenvalue weighted by atomic mass is 32.2. The van der Waals surface area contributed by atoms with Crippen LogP contribution in [-0.4, -0.2) is 28.5 Å². The van der Waals surface area contributed by atoms with Gasteiger partial charge in [-0.05, 0) is 48.4 Å². The van der Waals surface area contributed by atoms with Crippen molar-refractivity contribution in [2.24, 2.45) is 7.05 Å². The van der Waals surface area contributed by atoms with Crippen LogP contribution in [0.2, 0.25) is 0 Å². The summed E-state index contributed by atoms with van der Waals surface area (Å²) in [6.45, 7) is 2.02. The van der Waals surface area contributed by atoms with Gasteiger partial charge in [-0.2, -0.15) is 5.10 Å². The van der Waals surface area contributed by atoms with Gasteiger partial charge in [-0.3, -0.25) is 14.2 Å². The summed E-state index contributed by atoms with van der Waals surface area (Å²) in [4.78, 5) is 12.8. The zero-order valence-electron chi connectivity index (χ0n) is 22.2. The molecule has 0 radical (unpaired) electrons. The Labute approximate surface area is 235 Å². The van der Waals surface area contributed by atoms with E-state index in [2.05, 4.69) is 9.82 Å². The van der Waals surface area contributed by atoms with Gasteiger partial charge in [0.25, 0.3) is 5.56 Å². The summed E-state index contributed by atoms with van der Waals surface area (Å²) in [6.07, 6.45) is 5.02. The Bertz CT molecular complexity index is 1890. The summed E-state index contributed by atoms with van der Waals surface area (Å²) < 4.78 is 64.2. The molecule has 0 atom stereocenters. The van der Waals surface area contributed by atoms with Gasteiger partial charge in [-0.25, -0.2) is 17.2 Å². The van der Waals surface area contributed by atoms with Gasteiger partial charge in [0, 0.05) is 54.0 Å². The minimum absolute atomic E-state index is 0.146. The molecule has 0 amide bonds. The van der Waals surface area contributed by atoms with Crippen molar-refractivity contribution in [3.05, 3.63) is 119 Å². The maximum Gasteiger partial charge on any atom is 0.250 e. The number of ether oxygens (including phenoxy) is 1. The lowest BCUT2D eigenvalue weighted by Gasteiger charge is -2.17. The van der Waals surface area contributed by atoms with E-state index in [1.165, 1.54) is 29.7 Å². The molecule has 3 aromatic carbocycles. The standard InChI is InChI=1S/C30H26F2N4O4S/c1-3-41(38,39)34-23-10-12-28(40-29-11-9-22(31)13-27(29)32)25(14-23)26-19-35(2)30(37)15-24(26)21-16-33-36(18-21)17-20-7-5-4-6-8-20/h4-16,18-19,34H,3,17H2,1-2H3. The lowest BCUT2D eigenvalue weighted by molar-refractivity contribution is 0.439. The van der Waals surface area contributed by atoms with Crippen LogP contribution in [0.25, 0.3) is 22.3 Å². The highest BCUT2D eigenvalue weighted by Gasteiger charge is 2.19. The van der Waals surface area contributed by atoms with Gasteiger partial charge >= 0.3 is 0 Å². The van der Waals surface area contributed by atoms with E-state index in [0.29, 0.717) is 34.9 Å². The van der Waals surface area contributed by atoms with Crippen LogP contribution < -0.4 is 15.0 Å². The minimum atomic E-state index is -3.62. The van der Waals surface area contributed by atoms with Crippen molar-refractivity contribution in [2.45, 2.75) is 13.5 Å². The summed E-state index contributed by atoms with van der Waals surface area (Å²) in [5.41, 5.74) is 3.01. The Balaban J connectivity index is 1.65. The summed E-state index contributed by atoms with van der Waals surface area (Å²) in [7, 11) is -2.04. The maximum atomic E-state index is 14.5. The van der Waals surface area contributed by atoms with E-state index >= 15 is 0 Å². The second-order valence-corrected chi connectivity index (χ2v) is 11.4. The molecule has 0 spiro atoms. The smallest absolute Gasteiger partial charge is 0.250 e. The fraction of sp³-hybridized carbons (Fsp3) is 0.133. The number of aryl methyl sites for hydroxylation is 1. The van der Waals surface area contributed by atoms with Crippen LogP contribution in [0.3, 0.4) is 0 Å². The minimum Gasteiger partial charge on any atom is -0.454 e. The van der Waals surface area contributed by atoms with E-state index in [1.807, 2.05) is 30.3 Å².